The third kappa shape index (κ3) is 5.53. The number of aryl methyl sites for hydroxylation is 2. The Balaban J connectivity index is 1.64. The molecule has 0 saturated carbocycles. The van der Waals surface area contributed by atoms with Crippen LogP contribution in [0.2, 0.25) is 0 Å². The molecule has 35 heavy (non-hydrogen) atoms. The smallest absolute Gasteiger partial charge is 0.227 e. The first-order valence-electron chi connectivity index (χ1n) is 11.8. The predicted octanol–water partition coefficient (Wildman–Crippen LogP) is 5.08. The second-order valence-corrected chi connectivity index (χ2v) is 8.92. The normalized spacial score (nSPS) is 14.8. The molecule has 184 valence electrons. The van der Waals surface area contributed by atoms with Gasteiger partial charge in [0.05, 0.1) is 33.8 Å². The van der Waals surface area contributed by atoms with Crippen LogP contribution in [0.15, 0.2) is 54.6 Å². The van der Waals surface area contributed by atoms with Crippen LogP contribution in [0.25, 0.3) is 0 Å². The monoisotopic (exact) mass is 475 g/mol. The van der Waals surface area contributed by atoms with Crippen LogP contribution in [-0.2, 0) is 17.6 Å². The fraction of sp³-hybridized carbons (Fsp3) is 0.345. The van der Waals surface area contributed by atoms with E-state index in [9.17, 15) is 4.79 Å². The molecular formula is C29H33NO5. The minimum Gasteiger partial charge on any atom is -0.497 e. The zero-order valence-corrected chi connectivity index (χ0v) is 21.1. The van der Waals surface area contributed by atoms with Gasteiger partial charge < -0.3 is 23.8 Å². The lowest BCUT2D eigenvalue weighted by Crippen LogP contribution is -2.43. The highest BCUT2D eigenvalue weighted by Gasteiger charge is 2.33. The van der Waals surface area contributed by atoms with E-state index in [1.807, 2.05) is 53.4 Å². The minimum atomic E-state index is -0.245. The lowest BCUT2D eigenvalue weighted by molar-refractivity contribution is -0.134. The first-order chi connectivity index (χ1) is 16.9. The van der Waals surface area contributed by atoms with Crippen molar-refractivity contribution in [2.45, 2.75) is 32.7 Å². The molecule has 3 aromatic carbocycles. The molecule has 0 fully saturated rings. The molecule has 0 unspecified atom stereocenters. The maximum atomic E-state index is 13.5. The largest absolute Gasteiger partial charge is 0.497 e. The topological polar surface area (TPSA) is 57.2 Å². The van der Waals surface area contributed by atoms with Gasteiger partial charge in [0.2, 0.25) is 5.91 Å². The van der Waals surface area contributed by atoms with Gasteiger partial charge in [0.25, 0.3) is 0 Å². The van der Waals surface area contributed by atoms with E-state index >= 15 is 0 Å². The Morgan fingerprint density at radius 3 is 2.14 bits per heavy atom. The Hall–Kier alpha value is -3.67. The SMILES string of the molecule is COc1ccc(CC(=O)N2CCc3cc(OC)c(OC)cc3[C@H]2COc2cc(C)cc(C)c2)cc1. The maximum Gasteiger partial charge on any atom is 0.227 e. The van der Waals surface area contributed by atoms with Crippen LogP contribution >= 0.6 is 0 Å². The van der Waals surface area contributed by atoms with Gasteiger partial charge >= 0.3 is 0 Å². The van der Waals surface area contributed by atoms with Crippen LogP contribution in [0.3, 0.4) is 0 Å². The first-order valence-corrected chi connectivity index (χ1v) is 11.8. The van der Waals surface area contributed by atoms with E-state index in [1.54, 1.807) is 21.3 Å². The Bertz CT molecular complexity index is 1170. The molecule has 0 aliphatic carbocycles. The standard InChI is InChI=1S/C29H33NO5/c1-19-12-20(2)14-24(13-19)35-18-26-25-17-28(34-5)27(33-4)16-22(25)10-11-30(26)29(31)15-21-6-8-23(32-3)9-7-21/h6-9,12-14,16-17,26H,10-11,15,18H2,1-5H3/t26-/m1/s1. The van der Waals surface area contributed by atoms with Gasteiger partial charge in [0.1, 0.15) is 18.1 Å². The van der Waals surface area contributed by atoms with E-state index in [0.717, 1.165) is 45.7 Å². The number of hydrogen-bond donors (Lipinski definition) is 0. The van der Waals surface area contributed by atoms with Crippen LogP contribution in [0.5, 0.6) is 23.0 Å². The van der Waals surface area contributed by atoms with E-state index in [2.05, 4.69) is 19.9 Å². The average Bonchev–Trinajstić information content (AvgIpc) is 2.86. The second-order valence-electron chi connectivity index (χ2n) is 8.92. The molecule has 6 heteroatoms. The highest BCUT2D eigenvalue weighted by Crippen LogP contribution is 2.38. The zero-order valence-electron chi connectivity index (χ0n) is 21.1. The van der Waals surface area contributed by atoms with Crippen molar-refractivity contribution in [1.82, 2.24) is 4.90 Å². The molecule has 1 amide bonds. The summed E-state index contributed by atoms with van der Waals surface area (Å²) in [4.78, 5) is 15.5. The molecular weight excluding hydrogens is 442 g/mol. The Kier molecular flexibility index (Phi) is 7.49. The zero-order chi connectivity index (χ0) is 24.9. The number of nitrogens with zero attached hydrogens (tertiary/aromatic N) is 1. The van der Waals surface area contributed by atoms with Crippen molar-refractivity contribution in [3.05, 3.63) is 82.4 Å². The van der Waals surface area contributed by atoms with Crippen molar-refractivity contribution in [3.8, 4) is 23.0 Å². The number of carbonyl (C=O) groups excluding carboxylic acids is 1. The second kappa shape index (κ2) is 10.7. The van der Waals surface area contributed by atoms with Crippen LogP contribution in [-0.4, -0.2) is 45.3 Å². The summed E-state index contributed by atoms with van der Waals surface area (Å²) >= 11 is 0. The number of ether oxygens (including phenoxy) is 4. The molecule has 6 nitrogen and oxygen atoms in total. The molecule has 1 heterocycles. The molecule has 0 saturated heterocycles. The van der Waals surface area contributed by atoms with Crippen molar-refractivity contribution in [1.29, 1.82) is 0 Å². The van der Waals surface area contributed by atoms with Crippen LogP contribution in [0, 0.1) is 13.8 Å². The van der Waals surface area contributed by atoms with Gasteiger partial charge in [-0.15, -0.1) is 0 Å². The maximum absolute atomic E-state index is 13.5. The van der Waals surface area contributed by atoms with Gasteiger partial charge in [-0.05, 0) is 84.5 Å². The highest BCUT2D eigenvalue weighted by atomic mass is 16.5. The Morgan fingerprint density at radius 1 is 0.857 bits per heavy atom. The Labute approximate surface area is 207 Å². The van der Waals surface area contributed by atoms with Crippen LogP contribution in [0.4, 0.5) is 0 Å². The van der Waals surface area contributed by atoms with Crippen molar-refractivity contribution in [3.63, 3.8) is 0 Å². The van der Waals surface area contributed by atoms with E-state index in [0.29, 0.717) is 31.1 Å². The summed E-state index contributed by atoms with van der Waals surface area (Å²) < 4.78 is 22.6. The molecule has 1 atom stereocenters. The molecule has 0 radical (unpaired) electrons. The summed E-state index contributed by atoms with van der Waals surface area (Å²) in [6, 6.07) is 17.5. The summed E-state index contributed by atoms with van der Waals surface area (Å²) in [5.74, 6) is 2.97. The summed E-state index contributed by atoms with van der Waals surface area (Å²) in [6.45, 7) is 5.06. The molecule has 0 aromatic heterocycles. The summed E-state index contributed by atoms with van der Waals surface area (Å²) in [7, 11) is 4.90. The number of benzene rings is 3. The summed E-state index contributed by atoms with van der Waals surface area (Å²) in [6.07, 6.45) is 1.05. The van der Waals surface area contributed by atoms with E-state index in [4.69, 9.17) is 18.9 Å². The molecule has 1 aliphatic rings. The quantitative estimate of drug-likeness (QED) is 0.455. The molecule has 0 bridgehead atoms. The fourth-order valence-corrected chi connectivity index (χ4v) is 4.72. The number of carbonyl (C=O) groups is 1. The Morgan fingerprint density at radius 2 is 1.51 bits per heavy atom. The number of amides is 1. The fourth-order valence-electron chi connectivity index (χ4n) is 4.72. The highest BCUT2D eigenvalue weighted by molar-refractivity contribution is 5.80. The van der Waals surface area contributed by atoms with Gasteiger partial charge in [-0.1, -0.05) is 18.2 Å². The van der Waals surface area contributed by atoms with Gasteiger partial charge in [-0.2, -0.15) is 0 Å². The van der Waals surface area contributed by atoms with E-state index < -0.39 is 0 Å². The van der Waals surface area contributed by atoms with Crippen molar-refractivity contribution in [2.24, 2.45) is 0 Å². The predicted molar refractivity (Wildman–Crippen MR) is 136 cm³/mol. The van der Waals surface area contributed by atoms with Gasteiger partial charge in [0, 0.05) is 6.54 Å². The molecule has 1 aliphatic heterocycles. The minimum absolute atomic E-state index is 0.0598. The average molecular weight is 476 g/mol. The number of rotatable bonds is 8. The summed E-state index contributed by atoms with van der Waals surface area (Å²) in [5, 5.41) is 0. The molecule has 4 rings (SSSR count). The van der Waals surface area contributed by atoms with Crippen LogP contribution in [0.1, 0.15) is 33.9 Å². The molecule has 0 spiro atoms. The number of fused-ring (bicyclic) bond motifs is 1. The van der Waals surface area contributed by atoms with Crippen molar-refractivity contribution >= 4 is 5.91 Å². The van der Waals surface area contributed by atoms with Crippen LogP contribution < -0.4 is 18.9 Å². The van der Waals surface area contributed by atoms with E-state index in [-0.39, 0.29) is 11.9 Å². The third-order valence-corrected chi connectivity index (χ3v) is 6.44. The molecule has 0 N–H and O–H groups in total. The van der Waals surface area contributed by atoms with Gasteiger partial charge in [-0.25, -0.2) is 0 Å². The van der Waals surface area contributed by atoms with Gasteiger partial charge in [-0.3, -0.25) is 4.79 Å². The van der Waals surface area contributed by atoms with Gasteiger partial charge in [0.15, 0.2) is 11.5 Å². The molecule has 3 aromatic rings. The van der Waals surface area contributed by atoms with Crippen molar-refractivity contribution < 1.29 is 23.7 Å². The first kappa shape index (κ1) is 24.5. The lowest BCUT2D eigenvalue weighted by Gasteiger charge is -2.38. The van der Waals surface area contributed by atoms with E-state index in [1.165, 1.54) is 0 Å². The number of hydrogen-bond acceptors (Lipinski definition) is 5. The van der Waals surface area contributed by atoms with Crippen molar-refractivity contribution in [2.75, 3.05) is 34.5 Å². The lowest BCUT2D eigenvalue weighted by atomic mass is 9.91. The third-order valence-electron chi connectivity index (χ3n) is 6.44. The summed E-state index contributed by atoms with van der Waals surface area (Å²) in [5.41, 5.74) is 5.40. The number of methoxy groups -OCH3 is 3.